The van der Waals surface area contributed by atoms with Crippen molar-refractivity contribution >= 4 is 23.9 Å². The molecule has 0 aliphatic carbocycles. The number of nitrogens with one attached hydrogen (secondary N) is 2. The lowest BCUT2D eigenvalue weighted by Gasteiger charge is -2.51. The molecular formula is C32H42N4O7. The van der Waals surface area contributed by atoms with E-state index in [9.17, 15) is 19.2 Å². The van der Waals surface area contributed by atoms with Gasteiger partial charge in [0.1, 0.15) is 23.9 Å². The van der Waals surface area contributed by atoms with Crippen LogP contribution in [-0.4, -0.2) is 83.1 Å². The fourth-order valence-electron chi connectivity index (χ4n) is 5.79. The van der Waals surface area contributed by atoms with E-state index in [1.54, 1.807) is 17.0 Å². The molecule has 1 atom stereocenters. The molecule has 0 aromatic heterocycles. The van der Waals surface area contributed by atoms with E-state index < -0.39 is 30.3 Å². The Morgan fingerprint density at radius 3 is 2.49 bits per heavy atom. The summed E-state index contributed by atoms with van der Waals surface area (Å²) in [6.45, 7) is 4.54. The van der Waals surface area contributed by atoms with E-state index >= 15 is 0 Å². The molecule has 2 aliphatic rings. The predicted octanol–water partition coefficient (Wildman–Crippen LogP) is 3.32. The molecule has 2 aliphatic heterocycles. The monoisotopic (exact) mass is 594 g/mol. The number of rotatable bonds is 14. The van der Waals surface area contributed by atoms with Gasteiger partial charge < -0.3 is 30.1 Å². The van der Waals surface area contributed by atoms with Gasteiger partial charge in [0.2, 0.25) is 11.8 Å². The van der Waals surface area contributed by atoms with Crippen molar-refractivity contribution in [3.05, 3.63) is 65.7 Å². The van der Waals surface area contributed by atoms with Gasteiger partial charge in [0, 0.05) is 38.3 Å². The maximum atomic E-state index is 13.6. The van der Waals surface area contributed by atoms with Crippen LogP contribution in [0.25, 0.3) is 0 Å². The summed E-state index contributed by atoms with van der Waals surface area (Å²) in [6.07, 6.45) is 3.13. The van der Waals surface area contributed by atoms with Gasteiger partial charge in [-0.15, -0.1) is 0 Å². The smallest absolute Gasteiger partial charge is 0.407 e. The number of carboxylic acid groups (broad SMARTS) is 1. The molecule has 3 amide bonds. The summed E-state index contributed by atoms with van der Waals surface area (Å²) in [5.74, 6) is -0.644. The maximum Gasteiger partial charge on any atom is 0.407 e. The van der Waals surface area contributed by atoms with Gasteiger partial charge in [-0.05, 0) is 50.2 Å². The van der Waals surface area contributed by atoms with Gasteiger partial charge in [-0.3, -0.25) is 14.5 Å². The van der Waals surface area contributed by atoms with Crippen LogP contribution in [0.5, 0.6) is 5.75 Å². The number of aliphatic carboxylic acids is 1. The van der Waals surface area contributed by atoms with Crippen LogP contribution in [0.3, 0.4) is 0 Å². The van der Waals surface area contributed by atoms with Crippen LogP contribution in [0.2, 0.25) is 0 Å². The molecule has 232 valence electrons. The molecule has 2 aromatic rings. The molecule has 4 rings (SSSR count). The molecule has 11 nitrogen and oxygen atoms in total. The number of ether oxygens (including phenoxy) is 2. The molecule has 3 N–H and O–H groups in total. The summed E-state index contributed by atoms with van der Waals surface area (Å²) in [6, 6.07) is 16.2. The summed E-state index contributed by atoms with van der Waals surface area (Å²) >= 11 is 0. The molecule has 2 aromatic carbocycles. The Hall–Kier alpha value is -4.12. The first kappa shape index (κ1) is 31.8. The third-order valence-electron chi connectivity index (χ3n) is 8.06. The lowest BCUT2D eigenvalue weighted by molar-refractivity contribution is -0.161. The summed E-state index contributed by atoms with van der Waals surface area (Å²) < 4.78 is 10.7. The van der Waals surface area contributed by atoms with E-state index in [1.807, 2.05) is 49.4 Å². The van der Waals surface area contributed by atoms with Crippen molar-refractivity contribution in [2.45, 2.75) is 70.2 Å². The Kier molecular flexibility index (Phi) is 11.4. The van der Waals surface area contributed by atoms with Gasteiger partial charge in [0.25, 0.3) is 0 Å². The minimum absolute atomic E-state index is 0.0439. The van der Waals surface area contributed by atoms with Gasteiger partial charge in [0.15, 0.2) is 6.61 Å². The lowest BCUT2D eigenvalue weighted by Crippen LogP contribution is -2.72. The fraction of sp³-hybridized carbons (Fsp3) is 0.500. The van der Waals surface area contributed by atoms with Crippen molar-refractivity contribution in [1.82, 2.24) is 20.4 Å². The number of benzene rings is 2. The van der Waals surface area contributed by atoms with Crippen LogP contribution >= 0.6 is 0 Å². The highest BCUT2D eigenvalue weighted by atomic mass is 16.5. The first-order chi connectivity index (χ1) is 20.8. The molecule has 2 fully saturated rings. The fourth-order valence-corrected chi connectivity index (χ4v) is 5.79. The number of amides is 3. The van der Waals surface area contributed by atoms with Crippen LogP contribution in [0.4, 0.5) is 4.79 Å². The second-order valence-electron chi connectivity index (χ2n) is 11.1. The number of carboxylic acids is 1. The first-order valence-corrected chi connectivity index (χ1v) is 15.0. The summed E-state index contributed by atoms with van der Waals surface area (Å²) in [7, 11) is 0. The zero-order valence-electron chi connectivity index (χ0n) is 24.8. The molecule has 0 unspecified atom stereocenters. The Morgan fingerprint density at radius 1 is 1.05 bits per heavy atom. The molecule has 0 radical (unpaired) electrons. The van der Waals surface area contributed by atoms with Crippen LogP contribution < -0.4 is 15.4 Å². The Labute approximate surface area is 252 Å². The predicted molar refractivity (Wildman–Crippen MR) is 159 cm³/mol. The topological polar surface area (TPSA) is 138 Å². The minimum atomic E-state index is -1.03. The summed E-state index contributed by atoms with van der Waals surface area (Å²) in [5.41, 5.74) is 0.925. The molecule has 11 heteroatoms. The van der Waals surface area contributed by atoms with Crippen molar-refractivity contribution < 1.29 is 33.8 Å². The highest BCUT2D eigenvalue weighted by Gasteiger charge is 2.53. The second-order valence-corrected chi connectivity index (χ2v) is 11.1. The standard InChI is InChI=1S/C32H42N4O7/c1-2-18-36-29(39)26(13-8-9-17-33-31(41)43-22-24-10-4-3-5-11-24)34-30(40)32(36)15-19-35(20-16-32)21-25-12-6-7-14-27(25)42-23-28(37)38/h3-7,10-12,14,26H,2,8-9,13,15-23H2,1H3,(H,33,41)(H,34,40)(H,37,38)/t26-/m0/s1. The zero-order chi connectivity index (χ0) is 30.7. The number of piperazine rings is 1. The third-order valence-corrected chi connectivity index (χ3v) is 8.06. The van der Waals surface area contributed by atoms with Crippen molar-refractivity contribution in [2.75, 3.05) is 32.8 Å². The number of alkyl carbamates (subject to hydrolysis) is 1. The van der Waals surface area contributed by atoms with Crippen LogP contribution in [0.1, 0.15) is 56.6 Å². The number of likely N-dealkylation sites (tertiary alicyclic amines) is 1. The number of unbranched alkanes of at least 4 members (excludes halogenated alkanes) is 1. The number of carbonyl (C=O) groups is 4. The highest BCUT2D eigenvalue weighted by Crippen LogP contribution is 2.35. The highest BCUT2D eigenvalue weighted by molar-refractivity contribution is 6.00. The summed E-state index contributed by atoms with van der Waals surface area (Å²) in [4.78, 5) is 54.1. The van der Waals surface area contributed by atoms with Crippen LogP contribution in [0, 0.1) is 0 Å². The zero-order valence-corrected chi connectivity index (χ0v) is 24.8. The van der Waals surface area contributed by atoms with Gasteiger partial charge in [-0.25, -0.2) is 9.59 Å². The van der Waals surface area contributed by atoms with Crippen molar-refractivity contribution in [3.63, 3.8) is 0 Å². The minimum Gasteiger partial charge on any atom is -0.482 e. The lowest BCUT2D eigenvalue weighted by atomic mass is 9.81. The molecule has 2 heterocycles. The second kappa shape index (κ2) is 15.4. The van der Waals surface area contributed by atoms with Gasteiger partial charge in [-0.2, -0.15) is 0 Å². The normalized spacial score (nSPS) is 18.3. The van der Waals surface area contributed by atoms with Crippen molar-refractivity contribution in [3.8, 4) is 5.75 Å². The van der Waals surface area contributed by atoms with E-state index in [2.05, 4.69) is 15.5 Å². The maximum absolute atomic E-state index is 13.6. The van der Waals surface area contributed by atoms with Gasteiger partial charge in [-0.1, -0.05) is 55.5 Å². The molecule has 2 saturated heterocycles. The number of carbonyl (C=O) groups excluding carboxylic acids is 3. The molecular weight excluding hydrogens is 552 g/mol. The Balaban J connectivity index is 1.25. The van der Waals surface area contributed by atoms with E-state index in [4.69, 9.17) is 14.6 Å². The van der Waals surface area contributed by atoms with E-state index in [-0.39, 0.29) is 18.4 Å². The molecule has 43 heavy (non-hydrogen) atoms. The number of hydrogen-bond acceptors (Lipinski definition) is 7. The molecule has 0 saturated carbocycles. The van der Waals surface area contributed by atoms with Crippen LogP contribution in [0.15, 0.2) is 54.6 Å². The third kappa shape index (κ3) is 8.47. The summed E-state index contributed by atoms with van der Waals surface area (Å²) in [5, 5.41) is 14.7. The van der Waals surface area contributed by atoms with Crippen molar-refractivity contribution in [2.24, 2.45) is 0 Å². The average molecular weight is 595 g/mol. The van der Waals surface area contributed by atoms with E-state index in [0.717, 1.165) is 17.5 Å². The number of para-hydroxylation sites is 1. The number of piperidine rings is 1. The largest absolute Gasteiger partial charge is 0.482 e. The number of nitrogens with zero attached hydrogens (tertiary/aromatic N) is 2. The van der Waals surface area contributed by atoms with Gasteiger partial charge in [0.05, 0.1) is 0 Å². The van der Waals surface area contributed by atoms with Crippen molar-refractivity contribution in [1.29, 1.82) is 0 Å². The SMILES string of the molecule is CCCN1C(=O)[C@H](CCCCNC(=O)OCc2ccccc2)NC(=O)C12CCN(Cc1ccccc1OCC(=O)O)CC2. The molecule has 0 bridgehead atoms. The Morgan fingerprint density at radius 2 is 1.77 bits per heavy atom. The first-order valence-electron chi connectivity index (χ1n) is 15.0. The van der Waals surface area contributed by atoms with E-state index in [0.29, 0.717) is 70.6 Å². The Bertz CT molecular complexity index is 1250. The van der Waals surface area contributed by atoms with E-state index in [1.165, 1.54) is 0 Å². The molecule has 1 spiro atoms. The number of hydrogen-bond donors (Lipinski definition) is 3. The average Bonchev–Trinajstić information content (AvgIpc) is 3.01. The van der Waals surface area contributed by atoms with Gasteiger partial charge >= 0.3 is 12.1 Å². The van der Waals surface area contributed by atoms with Crippen LogP contribution in [-0.2, 0) is 32.3 Å². The quantitative estimate of drug-likeness (QED) is 0.283.